The van der Waals surface area contributed by atoms with Crippen molar-refractivity contribution < 1.29 is 18.0 Å². The van der Waals surface area contributed by atoms with Crippen molar-refractivity contribution in [3.8, 4) is 0 Å². The van der Waals surface area contributed by atoms with Crippen LogP contribution in [0.15, 0.2) is 71.6 Å². The first-order valence-corrected chi connectivity index (χ1v) is 9.78. The molecule has 1 aliphatic rings. The van der Waals surface area contributed by atoms with Crippen LogP contribution in [-0.4, -0.2) is 20.0 Å². The average Bonchev–Trinajstić information content (AvgIpc) is 2.65. The van der Waals surface area contributed by atoms with Crippen molar-refractivity contribution in [1.29, 1.82) is 0 Å². The van der Waals surface area contributed by atoms with Crippen LogP contribution < -0.4 is 4.72 Å². The number of sulfonamides is 1. The predicted molar refractivity (Wildman–Crippen MR) is 102 cm³/mol. The van der Waals surface area contributed by atoms with Crippen molar-refractivity contribution in [2.24, 2.45) is 0 Å². The van der Waals surface area contributed by atoms with Crippen LogP contribution in [0.5, 0.6) is 0 Å². The molecule has 27 heavy (non-hydrogen) atoms. The van der Waals surface area contributed by atoms with E-state index in [1.165, 1.54) is 24.3 Å². The molecule has 0 bridgehead atoms. The van der Waals surface area contributed by atoms with Crippen molar-refractivity contribution in [2.75, 3.05) is 4.72 Å². The largest absolute Gasteiger partial charge is 0.289 e. The molecule has 4 rings (SSSR count). The number of aryl methyl sites for hydroxylation is 1. The number of ketones is 2. The zero-order valence-electron chi connectivity index (χ0n) is 14.4. The molecule has 0 saturated carbocycles. The van der Waals surface area contributed by atoms with Crippen LogP contribution in [0.4, 0.5) is 5.69 Å². The fourth-order valence-corrected chi connectivity index (χ4v) is 4.53. The van der Waals surface area contributed by atoms with Crippen LogP contribution in [0, 0.1) is 6.92 Å². The molecule has 3 aromatic rings. The van der Waals surface area contributed by atoms with E-state index in [2.05, 4.69) is 4.72 Å². The third-order valence-electron chi connectivity index (χ3n) is 4.47. The molecule has 0 spiro atoms. The number of rotatable bonds is 3. The van der Waals surface area contributed by atoms with Gasteiger partial charge in [0.1, 0.15) is 0 Å². The van der Waals surface area contributed by atoms with Crippen LogP contribution in [0.25, 0.3) is 0 Å². The molecule has 0 fully saturated rings. The number of carbonyl (C=O) groups is 2. The molecule has 1 aliphatic carbocycles. The summed E-state index contributed by atoms with van der Waals surface area (Å²) in [5.74, 6) is -0.821. The normalized spacial score (nSPS) is 13.1. The smallest absolute Gasteiger partial charge is 0.262 e. The first-order valence-electron chi connectivity index (χ1n) is 8.29. The fourth-order valence-electron chi connectivity index (χ4n) is 3.26. The third-order valence-corrected chi connectivity index (χ3v) is 5.90. The summed E-state index contributed by atoms with van der Waals surface area (Å²) in [5.41, 5.74) is 1.81. The first kappa shape index (κ1) is 17.2. The Morgan fingerprint density at radius 2 is 1.37 bits per heavy atom. The fraction of sp³-hybridized carbons (Fsp3) is 0.0476. The maximum atomic E-state index is 13.0. The Kier molecular flexibility index (Phi) is 3.93. The van der Waals surface area contributed by atoms with Gasteiger partial charge in [-0.25, -0.2) is 8.42 Å². The van der Waals surface area contributed by atoms with Crippen LogP contribution in [0.1, 0.15) is 37.4 Å². The molecular weight excluding hydrogens is 362 g/mol. The monoisotopic (exact) mass is 377 g/mol. The lowest BCUT2D eigenvalue weighted by Crippen LogP contribution is -2.25. The number of nitrogens with one attached hydrogen (secondary N) is 1. The van der Waals surface area contributed by atoms with Gasteiger partial charge in [0.05, 0.1) is 10.5 Å². The molecule has 0 heterocycles. The molecule has 0 atom stereocenters. The van der Waals surface area contributed by atoms with E-state index in [0.29, 0.717) is 5.69 Å². The first-order chi connectivity index (χ1) is 12.9. The third kappa shape index (κ3) is 2.84. The van der Waals surface area contributed by atoms with Gasteiger partial charge in [0.15, 0.2) is 11.6 Å². The second-order valence-corrected chi connectivity index (χ2v) is 8.01. The quantitative estimate of drug-likeness (QED) is 0.592. The van der Waals surface area contributed by atoms with Crippen LogP contribution >= 0.6 is 0 Å². The maximum absolute atomic E-state index is 13.0. The minimum Gasteiger partial charge on any atom is -0.289 e. The second kappa shape index (κ2) is 6.17. The van der Waals surface area contributed by atoms with Gasteiger partial charge < -0.3 is 0 Å². The van der Waals surface area contributed by atoms with Gasteiger partial charge in [-0.15, -0.1) is 0 Å². The number of benzene rings is 3. The lowest BCUT2D eigenvalue weighted by atomic mass is 9.84. The summed E-state index contributed by atoms with van der Waals surface area (Å²) >= 11 is 0. The summed E-state index contributed by atoms with van der Waals surface area (Å²) in [4.78, 5) is 25.6. The number of hydrogen-bond donors (Lipinski definition) is 1. The number of fused-ring (bicyclic) bond motifs is 2. The van der Waals surface area contributed by atoms with Crippen molar-refractivity contribution in [3.05, 3.63) is 94.5 Å². The van der Waals surface area contributed by atoms with Gasteiger partial charge in [-0.05, 0) is 30.7 Å². The highest BCUT2D eigenvalue weighted by molar-refractivity contribution is 7.92. The Morgan fingerprint density at radius 1 is 0.741 bits per heavy atom. The Morgan fingerprint density at radius 3 is 2.07 bits per heavy atom. The van der Waals surface area contributed by atoms with Gasteiger partial charge in [0.2, 0.25) is 0 Å². The molecule has 0 saturated heterocycles. The van der Waals surface area contributed by atoms with Crippen molar-refractivity contribution in [3.63, 3.8) is 0 Å². The maximum Gasteiger partial charge on any atom is 0.262 e. The zero-order valence-corrected chi connectivity index (χ0v) is 15.2. The molecule has 1 N–H and O–H groups in total. The summed E-state index contributed by atoms with van der Waals surface area (Å²) in [6.07, 6.45) is 0. The standard InChI is InChI=1S/C21H15NO4S/c1-13-6-4-7-14(12-13)22-27(25,26)18-11-5-10-17-19(18)21(24)16-9-3-2-8-15(16)20(17)23/h2-12,22H,1H3. The molecule has 0 radical (unpaired) electrons. The Hall–Kier alpha value is -3.25. The second-order valence-electron chi connectivity index (χ2n) is 6.36. The molecule has 0 unspecified atom stereocenters. The number of hydrogen-bond acceptors (Lipinski definition) is 4. The van der Waals surface area contributed by atoms with Gasteiger partial charge in [0, 0.05) is 22.4 Å². The molecule has 6 heteroatoms. The highest BCUT2D eigenvalue weighted by Crippen LogP contribution is 2.32. The van der Waals surface area contributed by atoms with Gasteiger partial charge in [-0.1, -0.05) is 48.5 Å². The molecule has 0 amide bonds. The Balaban J connectivity index is 1.87. The Labute approximate surface area is 156 Å². The van der Waals surface area contributed by atoms with Crippen molar-refractivity contribution in [1.82, 2.24) is 0 Å². The van der Waals surface area contributed by atoms with Gasteiger partial charge in [0.25, 0.3) is 10.0 Å². The highest BCUT2D eigenvalue weighted by Gasteiger charge is 2.34. The zero-order chi connectivity index (χ0) is 19.2. The lowest BCUT2D eigenvalue weighted by Gasteiger charge is -2.20. The molecule has 0 aliphatic heterocycles. The summed E-state index contributed by atoms with van der Waals surface area (Å²) < 4.78 is 28.4. The van der Waals surface area contributed by atoms with Crippen molar-refractivity contribution in [2.45, 2.75) is 11.8 Å². The summed E-state index contributed by atoms with van der Waals surface area (Å²) in [5, 5.41) is 0. The van der Waals surface area contributed by atoms with Crippen LogP contribution in [0.3, 0.4) is 0 Å². The van der Waals surface area contributed by atoms with E-state index < -0.39 is 15.8 Å². The molecule has 3 aromatic carbocycles. The minimum absolute atomic E-state index is 0.0821. The van der Waals surface area contributed by atoms with Crippen LogP contribution in [0.2, 0.25) is 0 Å². The topological polar surface area (TPSA) is 80.3 Å². The van der Waals surface area contributed by atoms with Gasteiger partial charge in [-0.2, -0.15) is 0 Å². The van der Waals surface area contributed by atoms with E-state index in [-0.39, 0.29) is 32.9 Å². The molecular formula is C21H15NO4S. The Bertz CT molecular complexity index is 1210. The molecule has 5 nitrogen and oxygen atoms in total. The summed E-state index contributed by atoms with van der Waals surface area (Å²) in [6.45, 7) is 1.85. The summed E-state index contributed by atoms with van der Waals surface area (Å²) in [7, 11) is -4.05. The lowest BCUT2D eigenvalue weighted by molar-refractivity contribution is 0.0976. The number of anilines is 1. The van der Waals surface area contributed by atoms with Crippen LogP contribution in [-0.2, 0) is 10.0 Å². The highest BCUT2D eigenvalue weighted by atomic mass is 32.2. The minimum atomic E-state index is -4.05. The number of carbonyl (C=O) groups excluding carboxylic acids is 2. The van der Waals surface area contributed by atoms with E-state index in [1.807, 2.05) is 13.0 Å². The van der Waals surface area contributed by atoms with E-state index in [1.54, 1.807) is 36.4 Å². The molecule has 134 valence electrons. The predicted octanol–water partition coefficient (Wildman–Crippen LogP) is 3.57. The van der Waals surface area contributed by atoms with Gasteiger partial charge in [-0.3, -0.25) is 14.3 Å². The van der Waals surface area contributed by atoms with E-state index in [0.717, 1.165) is 5.56 Å². The summed E-state index contributed by atoms with van der Waals surface area (Å²) in [6, 6.07) is 17.6. The van der Waals surface area contributed by atoms with E-state index >= 15 is 0 Å². The average molecular weight is 377 g/mol. The SMILES string of the molecule is Cc1cccc(NS(=O)(=O)c2cccc3c2C(=O)c2ccccc2C3=O)c1. The van der Waals surface area contributed by atoms with Crippen molar-refractivity contribution >= 4 is 27.3 Å². The van der Waals surface area contributed by atoms with E-state index in [9.17, 15) is 18.0 Å². The molecule has 0 aromatic heterocycles. The van der Waals surface area contributed by atoms with E-state index in [4.69, 9.17) is 0 Å². The van der Waals surface area contributed by atoms with Gasteiger partial charge >= 0.3 is 0 Å².